The molecule has 3 heteroatoms. The second kappa shape index (κ2) is 7.56. The fourth-order valence-corrected chi connectivity index (χ4v) is 7.27. The molecule has 0 amide bonds. The molecule has 0 unspecified atom stereocenters. The van der Waals surface area contributed by atoms with E-state index in [1.807, 2.05) is 0 Å². The van der Waals surface area contributed by atoms with Crippen LogP contribution in [0.1, 0.15) is 0 Å². The van der Waals surface area contributed by atoms with Crippen molar-refractivity contribution in [1.29, 1.82) is 0 Å². The maximum absolute atomic E-state index is 3.72. The molecular weight excluding hydrogens is 498 g/mol. The summed E-state index contributed by atoms with van der Waals surface area (Å²) in [6.07, 6.45) is 0. The molecule has 0 spiro atoms. The Morgan fingerprint density at radius 2 is 1.05 bits per heavy atom. The predicted molar refractivity (Wildman–Crippen MR) is 173 cm³/mol. The molecule has 0 aliphatic carbocycles. The molecule has 4 heterocycles. The Hall–Kier alpha value is -5.54. The average Bonchev–Trinajstić information content (AvgIpc) is 3.69. The summed E-state index contributed by atoms with van der Waals surface area (Å²) in [6, 6.07) is 48.9. The number of fused-ring (bicyclic) bond motifs is 10. The molecule has 10 aromatic rings. The lowest BCUT2D eigenvalue weighted by atomic mass is 10.1. The third-order valence-corrected chi connectivity index (χ3v) is 8.96. The van der Waals surface area contributed by atoms with Crippen LogP contribution in [-0.4, -0.2) is 13.8 Å². The van der Waals surface area contributed by atoms with E-state index in [0.717, 1.165) is 11.0 Å². The number of para-hydroxylation sites is 4. The first-order chi connectivity index (χ1) is 20.3. The number of rotatable bonds is 1. The van der Waals surface area contributed by atoms with Crippen molar-refractivity contribution in [2.24, 2.45) is 0 Å². The molecule has 0 saturated heterocycles. The molecule has 3 nitrogen and oxygen atoms in total. The molecule has 4 aromatic heterocycles. The van der Waals surface area contributed by atoms with Crippen LogP contribution in [-0.2, 0) is 0 Å². The summed E-state index contributed by atoms with van der Waals surface area (Å²) in [5, 5.41) is 8.79. The van der Waals surface area contributed by atoms with Gasteiger partial charge in [-0.2, -0.15) is 0 Å². The minimum atomic E-state index is 1.14. The number of hydrogen-bond donors (Lipinski definition) is 1. The van der Waals surface area contributed by atoms with Crippen LogP contribution >= 0.6 is 0 Å². The molecule has 1 N–H and O–H groups in total. The first-order valence-corrected chi connectivity index (χ1v) is 14.1. The molecule has 0 aliphatic heterocycles. The number of aromatic nitrogens is 3. The van der Waals surface area contributed by atoms with Crippen molar-refractivity contribution in [2.45, 2.75) is 0 Å². The molecular formula is C38H23N3. The highest BCUT2D eigenvalue weighted by Gasteiger charge is 2.19. The van der Waals surface area contributed by atoms with Crippen LogP contribution in [0.5, 0.6) is 0 Å². The van der Waals surface area contributed by atoms with E-state index in [1.54, 1.807) is 0 Å². The van der Waals surface area contributed by atoms with Crippen LogP contribution in [0.3, 0.4) is 0 Å². The number of nitrogens with zero attached hydrogens (tertiary/aromatic N) is 2. The van der Waals surface area contributed by atoms with Crippen molar-refractivity contribution in [2.75, 3.05) is 0 Å². The quantitative estimate of drug-likeness (QED) is 0.222. The van der Waals surface area contributed by atoms with E-state index in [1.165, 1.54) is 76.5 Å². The zero-order chi connectivity index (χ0) is 26.7. The predicted octanol–water partition coefficient (Wildman–Crippen LogP) is 10.1. The molecule has 10 rings (SSSR count). The van der Waals surface area contributed by atoms with Gasteiger partial charge in [0.2, 0.25) is 0 Å². The standard InChI is InChI=1S/C38H23N3/c1-2-10-23(11-3-1)34-20-24-12-8-15-28-29-17-9-16-27-26-14-5-7-19-33(26)40(38(27)29)35-21-30-25-13-4-6-18-31(25)39-32(30)22-36(35)41(34)37(24)28/h1-22,39H. The highest BCUT2D eigenvalue weighted by Crippen LogP contribution is 2.41. The van der Waals surface area contributed by atoms with Gasteiger partial charge in [0.05, 0.1) is 33.3 Å². The van der Waals surface area contributed by atoms with Crippen LogP contribution in [0.15, 0.2) is 133 Å². The van der Waals surface area contributed by atoms with Crippen molar-refractivity contribution >= 4 is 76.3 Å². The van der Waals surface area contributed by atoms with Crippen molar-refractivity contribution < 1.29 is 0 Å². The van der Waals surface area contributed by atoms with E-state index in [9.17, 15) is 0 Å². The lowest BCUT2D eigenvalue weighted by molar-refractivity contribution is 1.26. The summed E-state index contributed by atoms with van der Waals surface area (Å²) in [4.78, 5) is 3.72. The number of benzene rings is 6. The van der Waals surface area contributed by atoms with Gasteiger partial charge >= 0.3 is 0 Å². The van der Waals surface area contributed by atoms with Crippen LogP contribution < -0.4 is 0 Å². The van der Waals surface area contributed by atoms with Gasteiger partial charge in [-0.3, -0.25) is 0 Å². The van der Waals surface area contributed by atoms with E-state index < -0.39 is 0 Å². The summed E-state index contributed by atoms with van der Waals surface area (Å²) >= 11 is 0. The normalized spacial score (nSPS) is 12.4. The molecule has 190 valence electrons. The summed E-state index contributed by atoms with van der Waals surface area (Å²) in [7, 11) is 0. The Balaban J connectivity index is 1.62. The molecule has 0 atom stereocenters. The lowest BCUT2D eigenvalue weighted by Gasteiger charge is -2.13. The maximum Gasteiger partial charge on any atom is 0.0724 e. The molecule has 0 bridgehead atoms. The van der Waals surface area contributed by atoms with Gasteiger partial charge in [0, 0.05) is 48.7 Å². The van der Waals surface area contributed by atoms with Crippen molar-refractivity contribution in [3.05, 3.63) is 133 Å². The summed E-state index contributed by atoms with van der Waals surface area (Å²) < 4.78 is 5.00. The third-order valence-electron chi connectivity index (χ3n) is 8.96. The first kappa shape index (κ1) is 21.3. The number of H-pyrrole nitrogens is 1. The fourth-order valence-electron chi connectivity index (χ4n) is 7.27. The summed E-state index contributed by atoms with van der Waals surface area (Å²) in [6.45, 7) is 0. The van der Waals surface area contributed by atoms with Gasteiger partial charge in [-0.1, -0.05) is 103 Å². The minimum absolute atomic E-state index is 1.14. The monoisotopic (exact) mass is 521 g/mol. The Morgan fingerprint density at radius 1 is 0.390 bits per heavy atom. The molecule has 0 fully saturated rings. The van der Waals surface area contributed by atoms with Crippen LogP contribution in [0.4, 0.5) is 0 Å². The topological polar surface area (TPSA) is 24.6 Å². The van der Waals surface area contributed by atoms with Gasteiger partial charge in [-0.15, -0.1) is 0 Å². The van der Waals surface area contributed by atoms with E-state index >= 15 is 0 Å². The highest BCUT2D eigenvalue weighted by atomic mass is 15.0. The molecule has 41 heavy (non-hydrogen) atoms. The van der Waals surface area contributed by atoms with Gasteiger partial charge in [0.25, 0.3) is 0 Å². The zero-order valence-corrected chi connectivity index (χ0v) is 22.1. The second-order valence-corrected chi connectivity index (χ2v) is 11.1. The molecule has 0 saturated carbocycles. The van der Waals surface area contributed by atoms with Gasteiger partial charge in [0.15, 0.2) is 0 Å². The van der Waals surface area contributed by atoms with Gasteiger partial charge in [-0.05, 0) is 35.9 Å². The SMILES string of the molecule is c1ccc(-c2cc3cccc4c5cccc6c7ccccc7n(c7cc8c(cc7n2c34)[nH]c2ccccc28)c56)cc1. The molecule has 0 radical (unpaired) electrons. The Bertz CT molecular complexity index is 2680. The van der Waals surface area contributed by atoms with Crippen LogP contribution in [0, 0.1) is 0 Å². The highest BCUT2D eigenvalue weighted by molar-refractivity contribution is 6.23. The fraction of sp³-hybridized carbons (Fsp3) is 0. The largest absolute Gasteiger partial charge is 0.354 e. The molecule has 0 aliphatic rings. The zero-order valence-electron chi connectivity index (χ0n) is 22.1. The van der Waals surface area contributed by atoms with Gasteiger partial charge in [-0.25, -0.2) is 0 Å². The van der Waals surface area contributed by atoms with Gasteiger partial charge < -0.3 is 13.8 Å². The average molecular weight is 522 g/mol. The summed E-state index contributed by atoms with van der Waals surface area (Å²) in [5.41, 5.74) is 10.8. The number of nitrogens with one attached hydrogen (secondary N) is 1. The van der Waals surface area contributed by atoms with Crippen LogP contribution in [0.25, 0.3) is 87.6 Å². The second-order valence-electron chi connectivity index (χ2n) is 11.1. The van der Waals surface area contributed by atoms with E-state index in [4.69, 9.17) is 0 Å². The van der Waals surface area contributed by atoms with E-state index in [0.29, 0.717) is 0 Å². The van der Waals surface area contributed by atoms with Crippen molar-refractivity contribution in [1.82, 2.24) is 13.8 Å². The number of hydrogen-bond acceptors (Lipinski definition) is 0. The van der Waals surface area contributed by atoms with E-state index in [-0.39, 0.29) is 0 Å². The van der Waals surface area contributed by atoms with Crippen molar-refractivity contribution in [3.8, 4) is 11.3 Å². The smallest absolute Gasteiger partial charge is 0.0724 e. The Kier molecular flexibility index (Phi) is 3.93. The Morgan fingerprint density at radius 3 is 1.93 bits per heavy atom. The lowest BCUT2D eigenvalue weighted by Crippen LogP contribution is -1.96. The number of aromatic amines is 1. The third kappa shape index (κ3) is 2.68. The maximum atomic E-state index is 3.72. The first-order valence-electron chi connectivity index (χ1n) is 14.1. The van der Waals surface area contributed by atoms with Crippen LogP contribution in [0.2, 0.25) is 0 Å². The van der Waals surface area contributed by atoms with Gasteiger partial charge in [0.1, 0.15) is 0 Å². The van der Waals surface area contributed by atoms with E-state index in [2.05, 4.69) is 147 Å². The molecule has 6 aromatic carbocycles. The Labute approximate surface area is 234 Å². The minimum Gasteiger partial charge on any atom is -0.354 e. The van der Waals surface area contributed by atoms with Crippen molar-refractivity contribution in [3.63, 3.8) is 0 Å². The summed E-state index contributed by atoms with van der Waals surface area (Å²) in [5.74, 6) is 0.